The summed E-state index contributed by atoms with van der Waals surface area (Å²) in [6, 6.07) is 10.4. The van der Waals surface area contributed by atoms with E-state index in [-0.39, 0.29) is 0 Å². The molecule has 0 heterocycles. The molecule has 14 heavy (non-hydrogen) atoms. The molecule has 0 aliphatic carbocycles. The van der Waals surface area contributed by atoms with Crippen molar-refractivity contribution in [2.45, 2.75) is 19.0 Å². The van der Waals surface area contributed by atoms with Gasteiger partial charge in [-0.05, 0) is 12.1 Å². The maximum atomic E-state index is 5.52. The first kappa shape index (κ1) is 11.4. The van der Waals surface area contributed by atoms with Crippen LogP contribution in [0.1, 0.15) is 18.0 Å². The zero-order valence-electron chi connectivity index (χ0n) is 9.28. The molecule has 0 saturated carbocycles. The number of hydrogen-bond donors (Lipinski definition) is 0. The fourth-order valence-electron chi connectivity index (χ4n) is 1.48. The smallest absolute Gasteiger partial charge is 0.341 e. The Hall–Kier alpha value is -0.643. The first-order valence-electron chi connectivity index (χ1n) is 4.79. The van der Waals surface area contributed by atoms with Crippen LogP contribution in [0.5, 0.6) is 0 Å². The molecular formula is C11H18O2Si. The fraction of sp³-hybridized carbons (Fsp3) is 0.455. The van der Waals surface area contributed by atoms with Gasteiger partial charge in [-0.15, -0.1) is 0 Å². The van der Waals surface area contributed by atoms with Gasteiger partial charge in [-0.1, -0.05) is 37.3 Å². The monoisotopic (exact) mass is 210 g/mol. The molecule has 0 spiro atoms. The van der Waals surface area contributed by atoms with E-state index in [1.165, 1.54) is 5.56 Å². The van der Waals surface area contributed by atoms with Crippen LogP contribution in [-0.4, -0.2) is 22.8 Å². The van der Waals surface area contributed by atoms with Crippen molar-refractivity contribution in [1.82, 2.24) is 0 Å². The topological polar surface area (TPSA) is 18.5 Å². The standard InChI is InChI=1S/C11H18O2Si/c1-10(14(4,12-2)13-3)11-8-6-5-7-9-11/h5-10H,1-4H3. The highest BCUT2D eigenvalue weighted by molar-refractivity contribution is 6.67. The van der Waals surface area contributed by atoms with Gasteiger partial charge in [0.25, 0.3) is 0 Å². The maximum absolute atomic E-state index is 5.52. The van der Waals surface area contributed by atoms with Crippen LogP contribution < -0.4 is 0 Å². The van der Waals surface area contributed by atoms with Gasteiger partial charge < -0.3 is 8.85 Å². The lowest BCUT2D eigenvalue weighted by Crippen LogP contribution is -2.42. The Balaban J connectivity index is 2.89. The molecule has 0 bridgehead atoms. The number of benzene rings is 1. The van der Waals surface area contributed by atoms with Gasteiger partial charge >= 0.3 is 8.56 Å². The molecule has 1 unspecified atom stereocenters. The first-order valence-corrected chi connectivity index (χ1v) is 7.18. The average molecular weight is 210 g/mol. The van der Waals surface area contributed by atoms with Crippen LogP contribution in [0.15, 0.2) is 30.3 Å². The lowest BCUT2D eigenvalue weighted by atomic mass is 10.2. The lowest BCUT2D eigenvalue weighted by Gasteiger charge is -2.29. The summed E-state index contributed by atoms with van der Waals surface area (Å²) >= 11 is 0. The summed E-state index contributed by atoms with van der Waals surface area (Å²) in [5, 5.41) is 0. The Labute approximate surface area is 87.1 Å². The van der Waals surface area contributed by atoms with Gasteiger partial charge in [0.2, 0.25) is 0 Å². The molecule has 0 fully saturated rings. The van der Waals surface area contributed by atoms with E-state index in [0.717, 1.165) is 0 Å². The third-order valence-electron chi connectivity index (χ3n) is 2.90. The van der Waals surface area contributed by atoms with Gasteiger partial charge in [0.1, 0.15) is 0 Å². The van der Waals surface area contributed by atoms with Crippen molar-refractivity contribution >= 4 is 8.56 Å². The van der Waals surface area contributed by atoms with Gasteiger partial charge in [0.15, 0.2) is 0 Å². The summed E-state index contributed by atoms with van der Waals surface area (Å²) in [4.78, 5) is 0. The third kappa shape index (κ3) is 2.23. The van der Waals surface area contributed by atoms with Gasteiger partial charge in [0, 0.05) is 19.8 Å². The van der Waals surface area contributed by atoms with Gasteiger partial charge in [-0.2, -0.15) is 0 Å². The van der Waals surface area contributed by atoms with E-state index in [1.54, 1.807) is 14.2 Å². The summed E-state index contributed by atoms with van der Waals surface area (Å²) in [5.41, 5.74) is 1.63. The fourth-order valence-corrected chi connectivity index (χ4v) is 3.15. The molecule has 0 aliphatic rings. The quantitative estimate of drug-likeness (QED) is 0.711. The third-order valence-corrected chi connectivity index (χ3v) is 6.42. The summed E-state index contributed by atoms with van der Waals surface area (Å²) in [7, 11) is 1.42. The predicted molar refractivity (Wildman–Crippen MR) is 60.5 cm³/mol. The van der Waals surface area contributed by atoms with Crippen molar-refractivity contribution < 1.29 is 8.85 Å². The Morgan fingerprint density at radius 3 is 2.00 bits per heavy atom. The Morgan fingerprint density at radius 1 is 1.07 bits per heavy atom. The molecule has 0 saturated heterocycles. The second-order valence-corrected chi connectivity index (χ2v) is 7.27. The molecule has 1 aromatic rings. The highest BCUT2D eigenvalue weighted by atomic mass is 28.4. The van der Waals surface area contributed by atoms with Crippen LogP contribution >= 0.6 is 0 Å². The highest BCUT2D eigenvalue weighted by Crippen LogP contribution is 2.27. The van der Waals surface area contributed by atoms with Crippen LogP contribution in [-0.2, 0) is 8.85 Å². The minimum Gasteiger partial charge on any atom is -0.397 e. The highest BCUT2D eigenvalue weighted by Gasteiger charge is 2.37. The molecule has 3 heteroatoms. The molecule has 0 N–H and O–H groups in total. The number of rotatable bonds is 4. The molecule has 1 rings (SSSR count). The Kier molecular flexibility index (Phi) is 3.86. The second-order valence-electron chi connectivity index (χ2n) is 3.56. The molecular weight excluding hydrogens is 192 g/mol. The van der Waals surface area contributed by atoms with Crippen molar-refractivity contribution in [3.05, 3.63) is 35.9 Å². The second kappa shape index (κ2) is 4.73. The Morgan fingerprint density at radius 2 is 1.57 bits per heavy atom. The van der Waals surface area contributed by atoms with E-state index < -0.39 is 8.56 Å². The lowest BCUT2D eigenvalue weighted by molar-refractivity contribution is 0.240. The molecule has 0 aromatic heterocycles. The van der Waals surface area contributed by atoms with E-state index in [9.17, 15) is 0 Å². The molecule has 1 aromatic carbocycles. The average Bonchev–Trinajstić information content (AvgIpc) is 2.28. The minimum absolute atomic E-state index is 0.346. The molecule has 78 valence electrons. The van der Waals surface area contributed by atoms with Crippen molar-refractivity contribution in [3.63, 3.8) is 0 Å². The van der Waals surface area contributed by atoms with Crippen LogP contribution in [0.3, 0.4) is 0 Å². The van der Waals surface area contributed by atoms with Gasteiger partial charge in [0.05, 0.1) is 0 Å². The normalized spacial score (nSPS) is 14.0. The zero-order chi connectivity index (χ0) is 10.6. The van der Waals surface area contributed by atoms with Crippen molar-refractivity contribution in [1.29, 1.82) is 0 Å². The predicted octanol–water partition coefficient (Wildman–Crippen LogP) is 2.69. The van der Waals surface area contributed by atoms with Crippen LogP contribution in [0.4, 0.5) is 0 Å². The first-order chi connectivity index (χ1) is 6.64. The van der Waals surface area contributed by atoms with E-state index >= 15 is 0 Å². The van der Waals surface area contributed by atoms with Crippen LogP contribution in [0.2, 0.25) is 6.55 Å². The molecule has 1 atom stereocenters. The minimum atomic E-state index is -2.04. The van der Waals surface area contributed by atoms with Gasteiger partial charge in [-0.25, -0.2) is 0 Å². The van der Waals surface area contributed by atoms with E-state index in [0.29, 0.717) is 5.54 Å². The molecule has 0 aliphatic heterocycles. The van der Waals surface area contributed by atoms with Crippen LogP contribution in [0, 0.1) is 0 Å². The molecule has 2 nitrogen and oxygen atoms in total. The summed E-state index contributed by atoms with van der Waals surface area (Å²) < 4.78 is 11.0. The largest absolute Gasteiger partial charge is 0.397 e. The van der Waals surface area contributed by atoms with Crippen molar-refractivity contribution in [3.8, 4) is 0 Å². The van der Waals surface area contributed by atoms with E-state index in [1.807, 2.05) is 18.2 Å². The van der Waals surface area contributed by atoms with E-state index in [4.69, 9.17) is 8.85 Å². The van der Waals surface area contributed by atoms with Gasteiger partial charge in [-0.3, -0.25) is 0 Å². The van der Waals surface area contributed by atoms with Crippen molar-refractivity contribution in [2.24, 2.45) is 0 Å². The molecule has 0 radical (unpaired) electrons. The maximum Gasteiger partial charge on any atom is 0.341 e. The zero-order valence-corrected chi connectivity index (χ0v) is 10.3. The summed E-state index contributed by atoms with van der Waals surface area (Å²) in [5.74, 6) is 0. The molecule has 0 amide bonds. The SMILES string of the molecule is CO[Si](C)(OC)C(C)c1ccccc1. The van der Waals surface area contributed by atoms with Crippen molar-refractivity contribution in [2.75, 3.05) is 14.2 Å². The van der Waals surface area contributed by atoms with E-state index in [2.05, 4.69) is 25.6 Å². The summed E-state index contributed by atoms with van der Waals surface area (Å²) in [6.07, 6.45) is 0. The summed E-state index contributed by atoms with van der Waals surface area (Å²) in [6.45, 7) is 4.25. The van der Waals surface area contributed by atoms with Crippen LogP contribution in [0.25, 0.3) is 0 Å². The Bertz CT molecular complexity index is 270. The number of hydrogen-bond acceptors (Lipinski definition) is 2.